The van der Waals surface area contributed by atoms with Crippen LogP contribution in [0.2, 0.25) is 0 Å². The van der Waals surface area contributed by atoms with Crippen LogP contribution in [0, 0.1) is 5.92 Å². The minimum Gasteiger partial charge on any atom is -0.383 e. The second kappa shape index (κ2) is 5.79. The van der Waals surface area contributed by atoms with E-state index in [4.69, 9.17) is 0 Å². The predicted octanol–water partition coefficient (Wildman–Crippen LogP) is 1.07. The highest BCUT2D eigenvalue weighted by Gasteiger charge is 2.13. The number of nitrogens with one attached hydrogen (secondary N) is 2. The average molecular weight is 258 g/mol. The van der Waals surface area contributed by atoms with E-state index in [-0.39, 0.29) is 0 Å². The van der Waals surface area contributed by atoms with Gasteiger partial charge >= 0.3 is 0 Å². The van der Waals surface area contributed by atoms with Crippen molar-refractivity contribution in [1.29, 1.82) is 0 Å². The zero-order chi connectivity index (χ0) is 12.9. The first-order chi connectivity index (χ1) is 9.43. The van der Waals surface area contributed by atoms with Gasteiger partial charge in [-0.05, 0) is 54.4 Å². The molecule has 19 heavy (non-hydrogen) atoms. The lowest BCUT2D eigenvalue weighted by molar-refractivity contribution is 0.390. The van der Waals surface area contributed by atoms with Crippen molar-refractivity contribution < 1.29 is 0 Å². The Morgan fingerprint density at radius 1 is 1.26 bits per heavy atom. The van der Waals surface area contributed by atoms with Crippen LogP contribution >= 0.6 is 0 Å². The Bertz CT molecular complexity index is 504. The Morgan fingerprint density at radius 2 is 2.11 bits per heavy atom. The lowest BCUT2D eigenvalue weighted by Gasteiger charge is -2.23. The molecular weight excluding hydrogens is 240 g/mol. The molecule has 1 aliphatic heterocycles. The van der Waals surface area contributed by atoms with Gasteiger partial charge in [0.15, 0.2) is 0 Å². The summed E-state index contributed by atoms with van der Waals surface area (Å²) in [7, 11) is 0. The van der Waals surface area contributed by atoms with Crippen LogP contribution in [-0.4, -0.2) is 39.8 Å². The lowest BCUT2D eigenvalue weighted by atomic mass is 9.98. The summed E-state index contributed by atoms with van der Waals surface area (Å²) in [6.45, 7) is 3.25. The minimum atomic E-state index is 0.739. The van der Waals surface area contributed by atoms with Gasteiger partial charge in [0, 0.05) is 6.54 Å². The first kappa shape index (κ1) is 12.1. The Balaban J connectivity index is 1.70. The molecule has 2 heterocycles. The summed E-state index contributed by atoms with van der Waals surface area (Å²) in [4.78, 5) is 0. The SMILES string of the molecule is c1ccc(-n2cnnn2)c(NCC2CCNCC2)c1. The third-order valence-corrected chi connectivity index (χ3v) is 3.54. The molecule has 0 atom stereocenters. The molecule has 100 valence electrons. The van der Waals surface area contributed by atoms with Crippen molar-refractivity contribution in [2.45, 2.75) is 12.8 Å². The van der Waals surface area contributed by atoms with Crippen LogP contribution < -0.4 is 10.6 Å². The van der Waals surface area contributed by atoms with E-state index in [1.807, 2.05) is 18.2 Å². The summed E-state index contributed by atoms with van der Waals surface area (Å²) in [5.74, 6) is 0.739. The van der Waals surface area contributed by atoms with Gasteiger partial charge in [0.05, 0.1) is 11.4 Å². The van der Waals surface area contributed by atoms with E-state index in [9.17, 15) is 0 Å². The smallest absolute Gasteiger partial charge is 0.143 e. The van der Waals surface area contributed by atoms with Crippen molar-refractivity contribution in [2.24, 2.45) is 5.92 Å². The van der Waals surface area contributed by atoms with Crippen LogP contribution in [0.15, 0.2) is 30.6 Å². The van der Waals surface area contributed by atoms with Crippen molar-refractivity contribution in [3.8, 4) is 5.69 Å². The molecule has 1 aliphatic rings. The quantitative estimate of drug-likeness (QED) is 0.858. The van der Waals surface area contributed by atoms with Crippen molar-refractivity contribution in [2.75, 3.05) is 25.0 Å². The van der Waals surface area contributed by atoms with Crippen LogP contribution in [0.25, 0.3) is 5.69 Å². The van der Waals surface area contributed by atoms with E-state index < -0.39 is 0 Å². The van der Waals surface area contributed by atoms with Crippen LogP contribution in [0.5, 0.6) is 0 Å². The average Bonchev–Trinajstić information content (AvgIpc) is 3.01. The van der Waals surface area contributed by atoms with Crippen molar-refractivity contribution in [3.05, 3.63) is 30.6 Å². The molecule has 0 amide bonds. The zero-order valence-electron chi connectivity index (χ0n) is 10.8. The number of tetrazole rings is 1. The predicted molar refractivity (Wildman–Crippen MR) is 73.2 cm³/mol. The Morgan fingerprint density at radius 3 is 2.89 bits per heavy atom. The van der Waals surface area contributed by atoms with Gasteiger partial charge in [-0.25, -0.2) is 0 Å². The largest absolute Gasteiger partial charge is 0.383 e. The third-order valence-electron chi connectivity index (χ3n) is 3.54. The number of benzene rings is 1. The topological polar surface area (TPSA) is 67.7 Å². The monoisotopic (exact) mass is 258 g/mol. The summed E-state index contributed by atoms with van der Waals surface area (Å²) < 4.78 is 1.69. The summed E-state index contributed by atoms with van der Waals surface area (Å²) in [5.41, 5.74) is 2.06. The fourth-order valence-corrected chi connectivity index (χ4v) is 2.43. The standard InChI is InChI=1S/C13H18N6/c1-2-4-13(19-10-16-17-18-19)12(3-1)15-9-11-5-7-14-8-6-11/h1-4,10-11,14-15H,5-9H2. The first-order valence-electron chi connectivity index (χ1n) is 6.70. The van der Waals surface area contributed by atoms with Gasteiger partial charge in [-0.15, -0.1) is 5.10 Å². The van der Waals surface area contributed by atoms with Gasteiger partial charge in [-0.1, -0.05) is 12.1 Å². The maximum atomic E-state index is 3.95. The molecule has 0 saturated carbocycles. The number of piperidine rings is 1. The molecule has 6 nitrogen and oxygen atoms in total. The third kappa shape index (κ3) is 2.90. The number of nitrogens with zero attached hydrogens (tertiary/aromatic N) is 4. The first-order valence-corrected chi connectivity index (χ1v) is 6.70. The highest BCUT2D eigenvalue weighted by molar-refractivity contribution is 5.60. The van der Waals surface area contributed by atoms with Crippen LogP contribution in [0.3, 0.4) is 0 Å². The molecule has 1 saturated heterocycles. The number of aromatic nitrogens is 4. The van der Waals surface area contributed by atoms with E-state index in [1.54, 1.807) is 11.0 Å². The zero-order valence-corrected chi connectivity index (χ0v) is 10.8. The minimum absolute atomic E-state index is 0.739. The van der Waals surface area contributed by atoms with Crippen LogP contribution in [0.1, 0.15) is 12.8 Å². The maximum Gasteiger partial charge on any atom is 0.143 e. The van der Waals surface area contributed by atoms with E-state index in [0.717, 1.165) is 36.9 Å². The van der Waals surface area contributed by atoms with Crippen LogP contribution in [0.4, 0.5) is 5.69 Å². The summed E-state index contributed by atoms with van der Waals surface area (Å²) in [6.07, 6.45) is 4.09. The molecule has 0 unspecified atom stereocenters. The highest BCUT2D eigenvalue weighted by Crippen LogP contribution is 2.20. The molecule has 0 spiro atoms. The van der Waals surface area contributed by atoms with Crippen molar-refractivity contribution in [3.63, 3.8) is 0 Å². The van der Waals surface area contributed by atoms with Crippen LogP contribution in [-0.2, 0) is 0 Å². The number of rotatable bonds is 4. The van der Waals surface area contributed by atoms with E-state index in [2.05, 4.69) is 32.2 Å². The number of hydrogen-bond donors (Lipinski definition) is 2. The molecular formula is C13H18N6. The molecule has 6 heteroatoms. The van der Waals surface area contributed by atoms with Gasteiger partial charge in [-0.3, -0.25) is 0 Å². The normalized spacial score (nSPS) is 16.4. The van der Waals surface area contributed by atoms with Crippen molar-refractivity contribution in [1.82, 2.24) is 25.5 Å². The van der Waals surface area contributed by atoms with Crippen molar-refractivity contribution >= 4 is 5.69 Å². The maximum absolute atomic E-state index is 3.95. The fraction of sp³-hybridized carbons (Fsp3) is 0.462. The van der Waals surface area contributed by atoms with Gasteiger partial charge in [0.2, 0.25) is 0 Å². The lowest BCUT2D eigenvalue weighted by Crippen LogP contribution is -2.31. The Labute approximate surface area is 112 Å². The Kier molecular flexibility index (Phi) is 3.69. The number of anilines is 1. The highest BCUT2D eigenvalue weighted by atomic mass is 15.5. The van der Waals surface area contributed by atoms with Gasteiger partial charge in [0.1, 0.15) is 6.33 Å². The summed E-state index contributed by atoms with van der Waals surface area (Å²) >= 11 is 0. The van der Waals surface area contributed by atoms with Gasteiger partial charge in [0.25, 0.3) is 0 Å². The van der Waals surface area contributed by atoms with Gasteiger partial charge in [-0.2, -0.15) is 4.68 Å². The molecule has 0 bridgehead atoms. The second-order valence-electron chi connectivity index (χ2n) is 4.85. The molecule has 0 aliphatic carbocycles. The molecule has 0 radical (unpaired) electrons. The van der Waals surface area contributed by atoms with E-state index in [0.29, 0.717) is 0 Å². The van der Waals surface area contributed by atoms with E-state index in [1.165, 1.54) is 12.8 Å². The molecule has 1 aromatic carbocycles. The van der Waals surface area contributed by atoms with Gasteiger partial charge < -0.3 is 10.6 Å². The number of hydrogen-bond acceptors (Lipinski definition) is 5. The molecule has 2 N–H and O–H groups in total. The molecule has 3 rings (SSSR count). The van der Waals surface area contributed by atoms with E-state index >= 15 is 0 Å². The Hall–Kier alpha value is -1.95. The molecule has 1 aromatic heterocycles. The second-order valence-corrected chi connectivity index (χ2v) is 4.85. The molecule has 1 fully saturated rings. The number of para-hydroxylation sites is 2. The summed E-state index contributed by atoms with van der Waals surface area (Å²) in [5, 5.41) is 18.2. The molecule has 2 aromatic rings. The fourth-order valence-electron chi connectivity index (χ4n) is 2.43. The summed E-state index contributed by atoms with van der Waals surface area (Å²) in [6, 6.07) is 8.10.